The van der Waals surface area contributed by atoms with E-state index in [0.717, 1.165) is 25.3 Å². The van der Waals surface area contributed by atoms with Crippen molar-refractivity contribution >= 4 is 9.84 Å². The monoisotopic (exact) mass is 271 g/mol. The zero-order chi connectivity index (χ0) is 13.4. The molecule has 1 aromatic heterocycles. The summed E-state index contributed by atoms with van der Waals surface area (Å²) in [5.74, 6) is 0.212. The summed E-state index contributed by atoms with van der Waals surface area (Å²) in [5.41, 5.74) is 1.01. The molecule has 0 amide bonds. The lowest BCUT2D eigenvalue weighted by Crippen LogP contribution is -2.32. The SMILES string of the molecule is CN(CCNCc1ccccn1)CCS(C)(=O)=O. The van der Waals surface area contributed by atoms with Crippen LogP contribution in [-0.4, -0.2) is 57.0 Å². The molecule has 0 spiro atoms. The van der Waals surface area contributed by atoms with E-state index in [0.29, 0.717) is 6.54 Å². The molecule has 0 aliphatic carbocycles. The fraction of sp³-hybridized carbons (Fsp3) is 0.583. The molecule has 0 saturated carbocycles. The van der Waals surface area contributed by atoms with Gasteiger partial charge in [0, 0.05) is 38.6 Å². The standard InChI is InChI=1S/C12H21N3O2S/c1-15(9-10-18(2,16)17)8-7-13-11-12-5-3-4-6-14-12/h3-6,13H,7-11H2,1-2H3. The van der Waals surface area contributed by atoms with Crippen molar-refractivity contribution in [2.24, 2.45) is 0 Å². The number of nitrogens with one attached hydrogen (secondary N) is 1. The Balaban J connectivity index is 2.11. The van der Waals surface area contributed by atoms with Gasteiger partial charge in [-0.3, -0.25) is 4.98 Å². The largest absolute Gasteiger partial charge is 0.310 e. The van der Waals surface area contributed by atoms with Gasteiger partial charge < -0.3 is 10.2 Å². The molecule has 0 bridgehead atoms. The molecular weight excluding hydrogens is 250 g/mol. The van der Waals surface area contributed by atoms with Gasteiger partial charge in [-0.05, 0) is 19.2 Å². The van der Waals surface area contributed by atoms with Crippen molar-refractivity contribution in [3.8, 4) is 0 Å². The maximum absolute atomic E-state index is 11.0. The van der Waals surface area contributed by atoms with Crippen molar-refractivity contribution < 1.29 is 8.42 Å². The summed E-state index contributed by atoms with van der Waals surface area (Å²) in [4.78, 5) is 6.22. The van der Waals surface area contributed by atoms with E-state index in [1.165, 1.54) is 6.26 Å². The van der Waals surface area contributed by atoms with Gasteiger partial charge in [-0.15, -0.1) is 0 Å². The predicted octanol–water partition coefficient (Wildman–Crippen LogP) is 0.148. The predicted molar refractivity (Wildman–Crippen MR) is 73.2 cm³/mol. The molecule has 0 radical (unpaired) electrons. The molecule has 1 rings (SSSR count). The van der Waals surface area contributed by atoms with Crippen molar-refractivity contribution in [1.29, 1.82) is 0 Å². The van der Waals surface area contributed by atoms with Gasteiger partial charge in [-0.25, -0.2) is 8.42 Å². The van der Waals surface area contributed by atoms with Crippen molar-refractivity contribution in [3.63, 3.8) is 0 Å². The van der Waals surface area contributed by atoms with Crippen molar-refractivity contribution in [2.75, 3.05) is 38.7 Å². The number of rotatable bonds is 8. The summed E-state index contributed by atoms with van der Waals surface area (Å²) in [6.07, 6.45) is 3.04. The maximum atomic E-state index is 11.0. The second-order valence-electron chi connectivity index (χ2n) is 4.43. The molecular formula is C12H21N3O2S. The third kappa shape index (κ3) is 7.37. The van der Waals surface area contributed by atoms with E-state index < -0.39 is 9.84 Å². The molecule has 1 N–H and O–H groups in total. The highest BCUT2D eigenvalue weighted by Crippen LogP contribution is 1.92. The van der Waals surface area contributed by atoms with Crippen LogP contribution in [0.1, 0.15) is 5.69 Å². The molecule has 102 valence electrons. The van der Waals surface area contributed by atoms with Crippen LogP contribution in [0.2, 0.25) is 0 Å². The Kier molecular flexibility index (Phi) is 6.24. The maximum Gasteiger partial charge on any atom is 0.148 e. The van der Waals surface area contributed by atoms with Crippen LogP contribution < -0.4 is 5.32 Å². The lowest BCUT2D eigenvalue weighted by atomic mass is 10.3. The Morgan fingerprint density at radius 1 is 1.33 bits per heavy atom. The smallest absolute Gasteiger partial charge is 0.148 e. The van der Waals surface area contributed by atoms with Crippen molar-refractivity contribution in [2.45, 2.75) is 6.54 Å². The Morgan fingerprint density at radius 2 is 2.11 bits per heavy atom. The summed E-state index contributed by atoms with van der Waals surface area (Å²) in [6.45, 7) is 2.95. The number of pyridine rings is 1. The highest BCUT2D eigenvalue weighted by molar-refractivity contribution is 7.90. The van der Waals surface area contributed by atoms with E-state index >= 15 is 0 Å². The Hall–Kier alpha value is -0.980. The Morgan fingerprint density at radius 3 is 2.72 bits per heavy atom. The Labute approximate surface area is 109 Å². The summed E-state index contributed by atoms with van der Waals surface area (Å²) in [6, 6.07) is 5.82. The molecule has 0 unspecified atom stereocenters. The number of hydrogen-bond acceptors (Lipinski definition) is 5. The first-order valence-electron chi connectivity index (χ1n) is 5.94. The van der Waals surface area contributed by atoms with Crippen LogP contribution in [0.3, 0.4) is 0 Å². The summed E-state index contributed by atoms with van der Waals surface area (Å²) < 4.78 is 22.0. The quantitative estimate of drug-likeness (QED) is 0.682. The van der Waals surface area contributed by atoms with Crippen molar-refractivity contribution in [3.05, 3.63) is 30.1 Å². The van der Waals surface area contributed by atoms with Gasteiger partial charge in [0.1, 0.15) is 9.84 Å². The number of nitrogens with zero attached hydrogens (tertiary/aromatic N) is 2. The van der Waals surface area contributed by atoms with Gasteiger partial charge in [-0.2, -0.15) is 0 Å². The van der Waals surface area contributed by atoms with Crippen LogP contribution in [0.25, 0.3) is 0 Å². The van der Waals surface area contributed by atoms with E-state index in [1.54, 1.807) is 6.20 Å². The zero-order valence-electron chi connectivity index (χ0n) is 11.0. The van der Waals surface area contributed by atoms with Crippen LogP contribution in [0.5, 0.6) is 0 Å². The lowest BCUT2D eigenvalue weighted by Gasteiger charge is -2.16. The van der Waals surface area contributed by atoms with E-state index in [9.17, 15) is 8.42 Å². The number of likely N-dealkylation sites (N-methyl/N-ethyl adjacent to an activating group) is 1. The van der Waals surface area contributed by atoms with E-state index in [4.69, 9.17) is 0 Å². The fourth-order valence-corrected chi connectivity index (χ4v) is 2.07. The first kappa shape index (κ1) is 15.1. The summed E-state index contributed by atoms with van der Waals surface area (Å²) >= 11 is 0. The molecule has 1 aromatic rings. The van der Waals surface area contributed by atoms with Gasteiger partial charge in [-0.1, -0.05) is 6.07 Å². The summed E-state index contributed by atoms with van der Waals surface area (Å²) in [7, 11) is -0.941. The first-order chi connectivity index (χ1) is 8.47. The van der Waals surface area contributed by atoms with E-state index in [1.807, 2.05) is 30.1 Å². The average molecular weight is 271 g/mol. The fourth-order valence-electron chi connectivity index (χ4n) is 1.42. The van der Waals surface area contributed by atoms with Gasteiger partial charge >= 0.3 is 0 Å². The topological polar surface area (TPSA) is 62.3 Å². The van der Waals surface area contributed by atoms with Gasteiger partial charge in [0.15, 0.2) is 0 Å². The third-order valence-corrected chi connectivity index (χ3v) is 3.47. The normalized spacial score (nSPS) is 11.9. The highest BCUT2D eigenvalue weighted by Gasteiger charge is 2.04. The second kappa shape index (κ2) is 7.45. The van der Waals surface area contributed by atoms with Crippen LogP contribution >= 0.6 is 0 Å². The van der Waals surface area contributed by atoms with Crippen molar-refractivity contribution in [1.82, 2.24) is 15.2 Å². The molecule has 0 atom stereocenters. The molecule has 0 saturated heterocycles. The molecule has 0 aromatic carbocycles. The van der Waals surface area contributed by atoms with Gasteiger partial charge in [0.2, 0.25) is 0 Å². The van der Waals surface area contributed by atoms with Crippen LogP contribution in [0, 0.1) is 0 Å². The van der Waals surface area contributed by atoms with E-state index in [2.05, 4.69) is 10.3 Å². The third-order valence-electron chi connectivity index (χ3n) is 2.55. The highest BCUT2D eigenvalue weighted by atomic mass is 32.2. The number of hydrogen-bond donors (Lipinski definition) is 1. The minimum Gasteiger partial charge on any atom is -0.310 e. The molecule has 6 heteroatoms. The lowest BCUT2D eigenvalue weighted by molar-refractivity contribution is 0.349. The van der Waals surface area contributed by atoms with Gasteiger partial charge in [0.25, 0.3) is 0 Å². The van der Waals surface area contributed by atoms with Gasteiger partial charge in [0.05, 0.1) is 11.4 Å². The molecule has 18 heavy (non-hydrogen) atoms. The first-order valence-corrected chi connectivity index (χ1v) is 8.00. The minimum atomic E-state index is -2.86. The van der Waals surface area contributed by atoms with Crippen LogP contribution in [0.4, 0.5) is 0 Å². The minimum absolute atomic E-state index is 0.212. The van der Waals surface area contributed by atoms with Crippen LogP contribution in [0.15, 0.2) is 24.4 Å². The van der Waals surface area contributed by atoms with Crippen LogP contribution in [-0.2, 0) is 16.4 Å². The molecule has 0 aliphatic heterocycles. The number of sulfone groups is 1. The zero-order valence-corrected chi connectivity index (χ0v) is 11.8. The molecule has 0 aliphatic rings. The molecule has 1 heterocycles. The molecule has 0 fully saturated rings. The second-order valence-corrected chi connectivity index (χ2v) is 6.69. The molecule has 5 nitrogen and oxygen atoms in total. The average Bonchev–Trinajstić information content (AvgIpc) is 2.33. The summed E-state index contributed by atoms with van der Waals surface area (Å²) in [5, 5.41) is 3.28. The Bertz CT molecular complexity index is 434. The number of aromatic nitrogens is 1. The van der Waals surface area contributed by atoms with E-state index in [-0.39, 0.29) is 5.75 Å².